The molecule has 39 heavy (non-hydrogen) atoms. The minimum Gasteiger partial charge on any atom is -0.352 e. The maximum absolute atomic E-state index is 13.5. The van der Waals surface area contributed by atoms with Gasteiger partial charge in [-0.1, -0.05) is 54.6 Å². The Balaban J connectivity index is 1.75. The topological polar surface area (TPSA) is 86.8 Å². The van der Waals surface area contributed by atoms with Crippen molar-refractivity contribution in [2.45, 2.75) is 84.3 Å². The van der Waals surface area contributed by atoms with E-state index in [0.29, 0.717) is 22.2 Å². The number of nitrogens with one attached hydrogen (secondary N) is 1. The summed E-state index contributed by atoms with van der Waals surface area (Å²) in [6.45, 7) is 5.96. The highest BCUT2D eigenvalue weighted by Gasteiger charge is 2.28. The quantitative estimate of drug-likeness (QED) is 0.344. The van der Waals surface area contributed by atoms with Crippen LogP contribution in [0.3, 0.4) is 0 Å². The fourth-order valence-corrected chi connectivity index (χ4v) is 6.15. The third-order valence-electron chi connectivity index (χ3n) is 7.39. The van der Waals surface area contributed by atoms with Crippen LogP contribution in [0.2, 0.25) is 10.0 Å². The molecule has 0 heterocycles. The van der Waals surface area contributed by atoms with Crippen molar-refractivity contribution in [2.24, 2.45) is 0 Å². The standard InChI is InChI=1S/C29H39Cl2N3O4S/c1-20-12-14-25(17-21(20)2)34(39(4,37)38)16-8-11-28(35)33(19-23-13-15-26(30)27(31)18-23)22(3)29(36)32-24-9-6-5-7-10-24/h12-15,17-18,22,24H,5-11,16,19H2,1-4H3,(H,32,36). The number of hydrogen-bond acceptors (Lipinski definition) is 4. The molecule has 3 rings (SSSR count). The summed E-state index contributed by atoms with van der Waals surface area (Å²) in [6, 6.07) is 10.1. The van der Waals surface area contributed by atoms with Gasteiger partial charge in [-0.05, 0) is 81.0 Å². The van der Waals surface area contributed by atoms with Crippen molar-refractivity contribution in [3.8, 4) is 0 Å². The Labute approximate surface area is 242 Å². The molecule has 1 fully saturated rings. The second-order valence-electron chi connectivity index (χ2n) is 10.5. The lowest BCUT2D eigenvalue weighted by Crippen LogP contribution is -2.50. The Morgan fingerprint density at radius 2 is 1.69 bits per heavy atom. The number of anilines is 1. The second-order valence-corrected chi connectivity index (χ2v) is 13.2. The third-order valence-corrected chi connectivity index (χ3v) is 9.32. The van der Waals surface area contributed by atoms with Crippen LogP contribution in [0.25, 0.3) is 0 Å². The van der Waals surface area contributed by atoms with Gasteiger partial charge in [-0.2, -0.15) is 0 Å². The van der Waals surface area contributed by atoms with Crippen molar-refractivity contribution < 1.29 is 18.0 Å². The molecule has 1 N–H and O–H groups in total. The monoisotopic (exact) mass is 595 g/mol. The lowest BCUT2D eigenvalue weighted by Gasteiger charge is -2.31. The molecule has 1 aliphatic carbocycles. The van der Waals surface area contributed by atoms with Crippen LogP contribution in [0.15, 0.2) is 36.4 Å². The maximum atomic E-state index is 13.5. The molecule has 2 aromatic carbocycles. The highest BCUT2D eigenvalue weighted by Crippen LogP contribution is 2.25. The van der Waals surface area contributed by atoms with Crippen molar-refractivity contribution >= 4 is 50.7 Å². The largest absolute Gasteiger partial charge is 0.352 e. The van der Waals surface area contributed by atoms with E-state index in [4.69, 9.17) is 23.2 Å². The Morgan fingerprint density at radius 3 is 2.31 bits per heavy atom. The summed E-state index contributed by atoms with van der Waals surface area (Å²) in [5.41, 5.74) is 3.38. The number of carbonyl (C=O) groups excluding carboxylic acids is 2. The minimum absolute atomic E-state index is 0.0826. The van der Waals surface area contributed by atoms with Gasteiger partial charge in [0.2, 0.25) is 21.8 Å². The summed E-state index contributed by atoms with van der Waals surface area (Å²) < 4.78 is 26.5. The molecule has 0 saturated heterocycles. The molecule has 0 spiro atoms. The molecule has 7 nitrogen and oxygen atoms in total. The van der Waals surface area contributed by atoms with Crippen molar-refractivity contribution in [2.75, 3.05) is 17.1 Å². The Bertz CT molecular complexity index is 1280. The van der Waals surface area contributed by atoms with E-state index in [9.17, 15) is 18.0 Å². The van der Waals surface area contributed by atoms with Crippen molar-refractivity contribution in [1.82, 2.24) is 10.2 Å². The molecule has 0 aliphatic heterocycles. The number of carbonyl (C=O) groups is 2. The Hall–Kier alpha value is -2.29. The summed E-state index contributed by atoms with van der Waals surface area (Å²) in [4.78, 5) is 28.2. The van der Waals surface area contributed by atoms with E-state index < -0.39 is 16.1 Å². The number of rotatable bonds is 11. The van der Waals surface area contributed by atoms with Gasteiger partial charge in [0.05, 0.1) is 22.0 Å². The molecular formula is C29H39Cl2N3O4S. The maximum Gasteiger partial charge on any atom is 0.242 e. The third kappa shape index (κ3) is 8.85. The molecule has 0 radical (unpaired) electrons. The smallest absolute Gasteiger partial charge is 0.242 e. The minimum atomic E-state index is -3.55. The van der Waals surface area contributed by atoms with Gasteiger partial charge in [-0.15, -0.1) is 0 Å². The fraction of sp³-hybridized carbons (Fsp3) is 0.517. The summed E-state index contributed by atoms with van der Waals surface area (Å²) in [5.74, 6) is -0.427. The van der Waals surface area contributed by atoms with E-state index >= 15 is 0 Å². The first-order chi connectivity index (χ1) is 18.4. The molecule has 0 aromatic heterocycles. The van der Waals surface area contributed by atoms with Gasteiger partial charge in [0.25, 0.3) is 0 Å². The summed E-state index contributed by atoms with van der Waals surface area (Å²) in [6.07, 6.45) is 6.78. The van der Waals surface area contributed by atoms with Crippen LogP contribution in [0.1, 0.15) is 68.6 Å². The van der Waals surface area contributed by atoms with E-state index in [1.807, 2.05) is 26.0 Å². The van der Waals surface area contributed by atoms with Crippen LogP contribution >= 0.6 is 23.2 Å². The zero-order chi connectivity index (χ0) is 28.7. The van der Waals surface area contributed by atoms with Crippen LogP contribution in [0.5, 0.6) is 0 Å². The first-order valence-corrected chi connectivity index (χ1v) is 16.1. The number of amides is 2. The van der Waals surface area contributed by atoms with E-state index in [2.05, 4.69) is 5.32 Å². The van der Waals surface area contributed by atoms with Crippen molar-refractivity contribution in [3.63, 3.8) is 0 Å². The number of hydrogen-bond donors (Lipinski definition) is 1. The Kier molecular flexibility index (Phi) is 11.1. The number of benzene rings is 2. The lowest BCUT2D eigenvalue weighted by atomic mass is 9.95. The van der Waals surface area contributed by atoms with E-state index in [0.717, 1.165) is 48.6 Å². The first-order valence-electron chi connectivity index (χ1n) is 13.5. The summed E-state index contributed by atoms with van der Waals surface area (Å²) >= 11 is 12.3. The molecule has 1 unspecified atom stereocenters. The average molecular weight is 597 g/mol. The van der Waals surface area contributed by atoms with Gasteiger partial charge in [0.15, 0.2) is 0 Å². The number of nitrogens with zero attached hydrogens (tertiary/aromatic N) is 2. The summed E-state index contributed by atoms with van der Waals surface area (Å²) in [7, 11) is -3.55. The van der Waals surface area contributed by atoms with Gasteiger partial charge in [0.1, 0.15) is 6.04 Å². The van der Waals surface area contributed by atoms with Gasteiger partial charge in [-0.3, -0.25) is 13.9 Å². The molecule has 2 aromatic rings. The zero-order valence-electron chi connectivity index (χ0n) is 23.2. The molecule has 10 heteroatoms. The second kappa shape index (κ2) is 13.9. The van der Waals surface area contributed by atoms with E-state index in [-0.39, 0.29) is 37.4 Å². The molecule has 214 valence electrons. The zero-order valence-corrected chi connectivity index (χ0v) is 25.5. The van der Waals surface area contributed by atoms with Gasteiger partial charge in [-0.25, -0.2) is 8.42 Å². The first kappa shape index (κ1) is 31.2. The molecule has 1 aliphatic rings. The van der Waals surface area contributed by atoms with Crippen molar-refractivity contribution in [1.29, 1.82) is 0 Å². The molecule has 1 atom stereocenters. The normalized spacial score (nSPS) is 15.0. The average Bonchev–Trinajstić information content (AvgIpc) is 2.88. The lowest BCUT2D eigenvalue weighted by molar-refractivity contribution is -0.141. The van der Waals surface area contributed by atoms with Crippen LogP contribution in [-0.4, -0.2) is 50.0 Å². The van der Waals surface area contributed by atoms with Gasteiger partial charge in [0, 0.05) is 25.6 Å². The van der Waals surface area contributed by atoms with Crippen LogP contribution in [-0.2, 0) is 26.2 Å². The molecular weight excluding hydrogens is 557 g/mol. The Morgan fingerprint density at radius 1 is 1.00 bits per heavy atom. The van der Waals surface area contributed by atoms with Crippen LogP contribution < -0.4 is 9.62 Å². The van der Waals surface area contributed by atoms with Crippen molar-refractivity contribution in [3.05, 3.63) is 63.1 Å². The van der Waals surface area contributed by atoms with E-state index in [1.54, 1.807) is 36.1 Å². The number of halogens is 2. The highest BCUT2D eigenvalue weighted by atomic mass is 35.5. The molecule has 0 bridgehead atoms. The number of aryl methyl sites for hydroxylation is 2. The number of sulfonamides is 1. The fourth-order valence-electron chi connectivity index (χ4n) is 4.87. The van der Waals surface area contributed by atoms with Crippen LogP contribution in [0.4, 0.5) is 5.69 Å². The highest BCUT2D eigenvalue weighted by molar-refractivity contribution is 7.92. The predicted octanol–water partition coefficient (Wildman–Crippen LogP) is 6.02. The molecule has 1 saturated carbocycles. The van der Waals surface area contributed by atoms with Gasteiger partial charge < -0.3 is 10.2 Å². The van der Waals surface area contributed by atoms with E-state index in [1.165, 1.54) is 10.7 Å². The SMILES string of the molecule is Cc1ccc(N(CCCC(=O)N(Cc2ccc(Cl)c(Cl)c2)C(C)C(=O)NC2CCCCC2)S(C)(=O)=O)cc1C. The van der Waals surface area contributed by atoms with Crippen LogP contribution in [0, 0.1) is 13.8 Å². The predicted molar refractivity (Wildman–Crippen MR) is 159 cm³/mol. The van der Waals surface area contributed by atoms with Gasteiger partial charge >= 0.3 is 0 Å². The summed E-state index contributed by atoms with van der Waals surface area (Å²) in [5, 5.41) is 3.90. The molecule has 2 amide bonds.